The third-order valence-corrected chi connectivity index (χ3v) is 8.35. The maximum atomic E-state index is 13.0. The molecule has 0 amide bonds. The Bertz CT molecular complexity index is 1370. The number of aliphatic hydroxyl groups is 4. The summed E-state index contributed by atoms with van der Waals surface area (Å²) in [6.45, 7) is 0. The molecule has 0 aromatic heterocycles. The van der Waals surface area contributed by atoms with Crippen molar-refractivity contribution in [3.8, 4) is 0 Å². The fourth-order valence-corrected chi connectivity index (χ4v) is 6.27. The van der Waals surface area contributed by atoms with Crippen LogP contribution >= 0.6 is 0 Å². The first-order valence-corrected chi connectivity index (χ1v) is 14.0. The van der Waals surface area contributed by atoms with Gasteiger partial charge in [0.15, 0.2) is 11.9 Å². The van der Waals surface area contributed by atoms with E-state index in [-0.39, 0.29) is 25.7 Å². The molecule has 1 unspecified atom stereocenters. The van der Waals surface area contributed by atoms with Gasteiger partial charge in [0.1, 0.15) is 17.3 Å². The van der Waals surface area contributed by atoms with Crippen LogP contribution < -0.4 is 0 Å². The number of rotatable bonds is 10. The summed E-state index contributed by atoms with van der Waals surface area (Å²) >= 11 is 0. The highest BCUT2D eigenvalue weighted by Crippen LogP contribution is 2.50. The van der Waals surface area contributed by atoms with E-state index in [4.69, 9.17) is 9.47 Å². The van der Waals surface area contributed by atoms with E-state index in [1.165, 1.54) is 7.11 Å². The lowest BCUT2D eigenvalue weighted by Gasteiger charge is -2.61. The molecule has 6 nitrogen and oxygen atoms in total. The molecule has 5 rings (SSSR count). The van der Waals surface area contributed by atoms with Crippen LogP contribution in [-0.4, -0.2) is 62.8 Å². The van der Waals surface area contributed by atoms with Gasteiger partial charge in [0.25, 0.3) is 0 Å². The van der Waals surface area contributed by atoms with E-state index in [0.717, 1.165) is 16.7 Å². The van der Waals surface area contributed by atoms with E-state index in [1.807, 2.05) is 121 Å². The SMILES string of the molecule is CO[C@@H]1O[C@H](C(O)Cc2ccccc2)[C@@](O)(Cc2ccccc2)[C@@](O)(Cc2ccccc2)[C@]1(O)Cc1ccccc1. The minimum atomic E-state index is -2.23. The summed E-state index contributed by atoms with van der Waals surface area (Å²) in [6, 6.07) is 37.2. The molecule has 1 fully saturated rings. The molecule has 0 radical (unpaired) electrons. The van der Waals surface area contributed by atoms with Gasteiger partial charge in [-0.15, -0.1) is 0 Å². The van der Waals surface area contributed by atoms with E-state index >= 15 is 0 Å². The van der Waals surface area contributed by atoms with Gasteiger partial charge >= 0.3 is 0 Å². The Morgan fingerprint density at radius 3 is 1.44 bits per heavy atom. The summed E-state index contributed by atoms with van der Waals surface area (Å²) in [5, 5.41) is 50.2. The molecule has 0 spiro atoms. The second kappa shape index (κ2) is 12.2. The first-order valence-electron chi connectivity index (χ1n) is 14.0. The molecule has 1 heterocycles. The number of hydrogen-bond acceptors (Lipinski definition) is 6. The quantitative estimate of drug-likeness (QED) is 0.238. The monoisotopic (exact) mass is 554 g/mol. The van der Waals surface area contributed by atoms with Crippen molar-refractivity contribution in [2.75, 3.05) is 7.11 Å². The Kier molecular flexibility index (Phi) is 8.71. The summed E-state index contributed by atoms with van der Waals surface area (Å²) in [5.41, 5.74) is -3.47. The van der Waals surface area contributed by atoms with E-state index in [2.05, 4.69) is 0 Å². The van der Waals surface area contributed by atoms with Crippen molar-refractivity contribution in [2.24, 2.45) is 0 Å². The maximum absolute atomic E-state index is 13.0. The van der Waals surface area contributed by atoms with Gasteiger partial charge in [-0.25, -0.2) is 0 Å². The molecule has 0 bridgehead atoms. The lowest BCUT2D eigenvalue weighted by atomic mass is 9.59. The summed E-state index contributed by atoms with van der Waals surface area (Å²) < 4.78 is 12.1. The molecule has 4 aromatic rings. The van der Waals surface area contributed by atoms with Crippen molar-refractivity contribution in [3.63, 3.8) is 0 Å². The normalized spacial score (nSPS) is 28.7. The molecule has 6 heteroatoms. The molecule has 6 atom stereocenters. The molecular weight excluding hydrogens is 516 g/mol. The van der Waals surface area contributed by atoms with Gasteiger partial charge in [0, 0.05) is 32.8 Å². The first-order chi connectivity index (χ1) is 19.8. The standard InChI is InChI=1S/C35H38O6/c1-40-32-34(38,24-28-18-10-4-11-19-28)35(39,25-29-20-12-5-13-21-29)33(37,23-27-16-8-3-9-17-27)31(41-32)30(36)22-26-14-6-2-7-15-26/h2-21,30-32,36-39H,22-25H2,1H3/t30?,31-,32-,33+,34+,35+/m1/s1. The summed E-state index contributed by atoms with van der Waals surface area (Å²) in [7, 11) is 1.39. The van der Waals surface area contributed by atoms with Crippen LogP contribution in [0.2, 0.25) is 0 Å². The van der Waals surface area contributed by atoms with Crippen LogP contribution in [0, 0.1) is 0 Å². The molecule has 0 saturated carbocycles. The van der Waals surface area contributed by atoms with E-state index in [9.17, 15) is 20.4 Å². The second-order valence-electron chi connectivity index (χ2n) is 11.1. The molecule has 41 heavy (non-hydrogen) atoms. The number of aliphatic hydroxyl groups excluding tert-OH is 1. The molecular formula is C35H38O6. The summed E-state index contributed by atoms with van der Waals surface area (Å²) in [5.74, 6) is 0. The van der Waals surface area contributed by atoms with E-state index in [0.29, 0.717) is 5.56 Å². The molecule has 1 aliphatic heterocycles. The van der Waals surface area contributed by atoms with Crippen LogP contribution in [-0.2, 0) is 35.2 Å². The topological polar surface area (TPSA) is 99.4 Å². The van der Waals surface area contributed by atoms with E-state index < -0.39 is 35.3 Å². The van der Waals surface area contributed by atoms with Gasteiger partial charge in [-0.3, -0.25) is 0 Å². The Labute approximate surface area is 241 Å². The lowest BCUT2D eigenvalue weighted by molar-refractivity contribution is -0.405. The van der Waals surface area contributed by atoms with E-state index in [1.54, 1.807) is 0 Å². The predicted molar refractivity (Wildman–Crippen MR) is 157 cm³/mol. The van der Waals surface area contributed by atoms with Crippen molar-refractivity contribution in [1.82, 2.24) is 0 Å². The van der Waals surface area contributed by atoms with Crippen molar-refractivity contribution in [3.05, 3.63) is 144 Å². The largest absolute Gasteiger partial charge is 0.390 e. The third kappa shape index (κ3) is 5.72. The highest BCUT2D eigenvalue weighted by molar-refractivity contribution is 5.33. The first kappa shape index (κ1) is 29.1. The highest BCUT2D eigenvalue weighted by Gasteiger charge is 2.72. The second-order valence-corrected chi connectivity index (χ2v) is 11.1. The lowest BCUT2D eigenvalue weighted by Crippen LogP contribution is -2.83. The fraction of sp³-hybridized carbons (Fsp3) is 0.314. The number of benzene rings is 4. The zero-order valence-electron chi connectivity index (χ0n) is 23.2. The maximum Gasteiger partial charge on any atom is 0.189 e. The van der Waals surface area contributed by atoms with Gasteiger partial charge in [-0.1, -0.05) is 121 Å². The fourth-order valence-electron chi connectivity index (χ4n) is 6.27. The summed E-state index contributed by atoms with van der Waals surface area (Å²) in [4.78, 5) is 0. The van der Waals surface area contributed by atoms with Gasteiger partial charge < -0.3 is 29.9 Å². The van der Waals surface area contributed by atoms with Crippen LogP contribution in [0.3, 0.4) is 0 Å². The molecule has 1 aliphatic rings. The van der Waals surface area contributed by atoms with Gasteiger partial charge in [-0.05, 0) is 22.3 Å². The van der Waals surface area contributed by atoms with Gasteiger partial charge in [0.2, 0.25) is 0 Å². The Balaban J connectivity index is 1.68. The van der Waals surface area contributed by atoms with Crippen molar-refractivity contribution >= 4 is 0 Å². The summed E-state index contributed by atoms with van der Waals surface area (Å²) in [6.07, 6.45) is -3.99. The van der Waals surface area contributed by atoms with Crippen LogP contribution in [0.15, 0.2) is 121 Å². The molecule has 1 saturated heterocycles. The minimum absolute atomic E-state index is 0.0612. The Morgan fingerprint density at radius 2 is 1.00 bits per heavy atom. The van der Waals surface area contributed by atoms with Crippen LogP contribution in [0.1, 0.15) is 22.3 Å². The number of ether oxygens (including phenoxy) is 2. The molecule has 4 aromatic carbocycles. The van der Waals surface area contributed by atoms with Gasteiger partial charge in [-0.2, -0.15) is 0 Å². The number of hydrogen-bond donors (Lipinski definition) is 4. The molecule has 214 valence electrons. The molecule has 4 N–H and O–H groups in total. The Morgan fingerprint density at radius 1 is 0.610 bits per heavy atom. The average Bonchev–Trinajstić information content (AvgIpc) is 2.98. The smallest absolute Gasteiger partial charge is 0.189 e. The zero-order chi connectivity index (χ0) is 28.9. The number of methoxy groups -OCH3 is 1. The van der Waals surface area contributed by atoms with Crippen LogP contribution in [0.5, 0.6) is 0 Å². The highest BCUT2D eigenvalue weighted by atomic mass is 16.7. The van der Waals surface area contributed by atoms with Crippen molar-refractivity contribution in [2.45, 2.75) is 61.0 Å². The average molecular weight is 555 g/mol. The molecule has 0 aliphatic carbocycles. The Hall–Kier alpha value is -3.36. The third-order valence-electron chi connectivity index (χ3n) is 8.35. The van der Waals surface area contributed by atoms with Crippen molar-refractivity contribution < 1.29 is 29.9 Å². The van der Waals surface area contributed by atoms with Crippen molar-refractivity contribution in [1.29, 1.82) is 0 Å². The predicted octanol–water partition coefficient (Wildman–Crippen LogP) is 3.88. The van der Waals surface area contributed by atoms with Gasteiger partial charge in [0.05, 0.1) is 6.10 Å². The minimum Gasteiger partial charge on any atom is -0.390 e. The van der Waals surface area contributed by atoms with Crippen LogP contribution in [0.4, 0.5) is 0 Å². The van der Waals surface area contributed by atoms with Crippen LogP contribution in [0.25, 0.3) is 0 Å². The zero-order valence-corrected chi connectivity index (χ0v) is 23.2.